The molecule has 0 heterocycles. The maximum absolute atomic E-state index is 9.34. The Balaban J connectivity index is 2.66. The van der Waals surface area contributed by atoms with Gasteiger partial charge in [0.2, 0.25) is 0 Å². The molecule has 0 amide bonds. The van der Waals surface area contributed by atoms with Gasteiger partial charge < -0.3 is 15.2 Å². The first-order chi connectivity index (χ1) is 9.22. The maximum Gasteiger partial charge on any atom is 0.122 e. The van der Waals surface area contributed by atoms with E-state index >= 15 is 0 Å². The van der Waals surface area contributed by atoms with E-state index < -0.39 is 0 Å². The second-order valence-corrected chi connectivity index (χ2v) is 6.80. The van der Waals surface area contributed by atoms with Crippen LogP contribution in [0.15, 0.2) is 18.2 Å². The van der Waals surface area contributed by atoms with Crippen LogP contribution in [-0.2, 0) is 5.41 Å². The van der Waals surface area contributed by atoms with Crippen molar-refractivity contribution in [1.82, 2.24) is 5.32 Å². The van der Waals surface area contributed by atoms with Crippen LogP contribution in [0.25, 0.3) is 0 Å². The molecule has 0 radical (unpaired) electrons. The number of aliphatic hydroxyl groups is 1. The molecule has 0 fully saturated rings. The number of rotatable bonds is 6. The van der Waals surface area contributed by atoms with E-state index in [9.17, 15) is 5.11 Å². The first-order valence-electron chi connectivity index (χ1n) is 7.25. The first-order valence-corrected chi connectivity index (χ1v) is 7.25. The Labute approximate surface area is 123 Å². The average Bonchev–Trinajstić information content (AvgIpc) is 2.39. The second kappa shape index (κ2) is 6.59. The van der Waals surface area contributed by atoms with Crippen molar-refractivity contribution in [1.29, 1.82) is 0 Å². The van der Waals surface area contributed by atoms with Crippen molar-refractivity contribution in [3.63, 3.8) is 0 Å². The quantitative estimate of drug-likeness (QED) is 0.841. The van der Waals surface area contributed by atoms with Crippen LogP contribution in [0, 0.1) is 6.92 Å². The molecule has 3 heteroatoms. The molecule has 3 nitrogen and oxygen atoms in total. The number of benzene rings is 1. The fourth-order valence-corrected chi connectivity index (χ4v) is 1.95. The third-order valence-corrected chi connectivity index (χ3v) is 3.90. The van der Waals surface area contributed by atoms with Gasteiger partial charge in [0.05, 0.1) is 13.2 Å². The van der Waals surface area contributed by atoms with Crippen molar-refractivity contribution in [2.45, 2.75) is 52.0 Å². The number of nitrogens with one attached hydrogen (secondary N) is 1. The summed E-state index contributed by atoms with van der Waals surface area (Å²) in [7, 11) is 1.86. The minimum absolute atomic E-state index is 0.106. The Bertz CT molecular complexity index is 431. The number of aliphatic hydroxyl groups excluding tert-OH is 1. The van der Waals surface area contributed by atoms with Gasteiger partial charge in [0.1, 0.15) is 5.75 Å². The Morgan fingerprint density at radius 3 is 2.30 bits per heavy atom. The average molecular weight is 279 g/mol. The molecule has 114 valence electrons. The molecule has 1 unspecified atom stereocenters. The number of hydrogen-bond donors (Lipinski definition) is 2. The summed E-state index contributed by atoms with van der Waals surface area (Å²) in [6.45, 7) is 11.4. The van der Waals surface area contributed by atoms with E-state index in [0.29, 0.717) is 6.61 Å². The molecule has 1 aromatic carbocycles. The molecule has 1 aromatic rings. The van der Waals surface area contributed by atoms with Crippen LogP contribution in [0.3, 0.4) is 0 Å². The molecular formula is C17H29NO2. The van der Waals surface area contributed by atoms with Crippen LogP contribution in [0.1, 0.15) is 45.2 Å². The van der Waals surface area contributed by atoms with Crippen molar-refractivity contribution in [2.75, 3.05) is 20.3 Å². The monoisotopic (exact) mass is 279 g/mol. The van der Waals surface area contributed by atoms with Crippen LogP contribution in [-0.4, -0.2) is 30.9 Å². The lowest BCUT2D eigenvalue weighted by Gasteiger charge is -2.27. The SMILES string of the molecule is CNC(C)(CO)CCOc1ccc(C(C)(C)C)cc1C. The molecule has 0 saturated heterocycles. The van der Waals surface area contributed by atoms with Crippen LogP contribution in [0.4, 0.5) is 0 Å². The van der Waals surface area contributed by atoms with Crippen LogP contribution >= 0.6 is 0 Å². The zero-order valence-electron chi connectivity index (χ0n) is 13.7. The Morgan fingerprint density at radius 2 is 1.85 bits per heavy atom. The predicted molar refractivity (Wildman–Crippen MR) is 84.5 cm³/mol. The molecule has 1 atom stereocenters. The highest BCUT2D eigenvalue weighted by molar-refractivity contribution is 5.38. The van der Waals surface area contributed by atoms with Crippen LogP contribution in [0.2, 0.25) is 0 Å². The lowest BCUT2D eigenvalue weighted by Crippen LogP contribution is -2.44. The van der Waals surface area contributed by atoms with E-state index in [0.717, 1.165) is 17.7 Å². The predicted octanol–water partition coefficient (Wildman–Crippen LogP) is 3.03. The lowest BCUT2D eigenvalue weighted by atomic mass is 9.86. The topological polar surface area (TPSA) is 41.5 Å². The summed E-state index contributed by atoms with van der Waals surface area (Å²) in [6.07, 6.45) is 0.764. The van der Waals surface area contributed by atoms with Crippen molar-refractivity contribution in [3.8, 4) is 5.75 Å². The standard InChI is InChI=1S/C17H29NO2/c1-13-11-14(16(2,3)4)7-8-15(13)20-10-9-17(5,12-19)18-6/h7-8,11,18-19H,9-10,12H2,1-6H3. The van der Waals surface area contributed by atoms with E-state index in [-0.39, 0.29) is 17.6 Å². The van der Waals surface area contributed by atoms with Crippen molar-refractivity contribution >= 4 is 0 Å². The molecule has 0 spiro atoms. The molecule has 0 aromatic heterocycles. The molecular weight excluding hydrogens is 250 g/mol. The summed E-state index contributed by atoms with van der Waals surface area (Å²) in [5.41, 5.74) is 2.36. The Hall–Kier alpha value is -1.06. The number of aryl methyl sites for hydroxylation is 1. The van der Waals surface area contributed by atoms with Gasteiger partial charge in [-0.15, -0.1) is 0 Å². The highest BCUT2D eigenvalue weighted by Gasteiger charge is 2.20. The molecule has 2 N–H and O–H groups in total. The van der Waals surface area contributed by atoms with Crippen molar-refractivity contribution in [3.05, 3.63) is 29.3 Å². The summed E-state index contributed by atoms with van der Waals surface area (Å²) in [5, 5.41) is 12.5. The van der Waals surface area contributed by atoms with Gasteiger partial charge in [0, 0.05) is 12.0 Å². The Kier molecular flexibility index (Phi) is 5.60. The van der Waals surface area contributed by atoms with Gasteiger partial charge in [-0.05, 0) is 43.5 Å². The largest absolute Gasteiger partial charge is 0.493 e. The van der Waals surface area contributed by atoms with Gasteiger partial charge >= 0.3 is 0 Å². The highest BCUT2D eigenvalue weighted by atomic mass is 16.5. The van der Waals surface area contributed by atoms with Gasteiger partial charge in [0.15, 0.2) is 0 Å². The minimum atomic E-state index is -0.279. The van der Waals surface area contributed by atoms with Gasteiger partial charge in [-0.3, -0.25) is 0 Å². The molecule has 0 aliphatic rings. The smallest absolute Gasteiger partial charge is 0.122 e. The lowest BCUT2D eigenvalue weighted by molar-refractivity contribution is 0.151. The van der Waals surface area contributed by atoms with E-state index in [2.05, 4.69) is 45.1 Å². The molecule has 0 saturated carbocycles. The third kappa shape index (κ3) is 4.50. The molecule has 1 rings (SSSR count). The Morgan fingerprint density at radius 1 is 1.20 bits per heavy atom. The van der Waals surface area contributed by atoms with Gasteiger partial charge in [-0.25, -0.2) is 0 Å². The summed E-state index contributed by atoms with van der Waals surface area (Å²) >= 11 is 0. The summed E-state index contributed by atoms with van der Waals surface area (Å²) in [6, 6.07) is 6.37. The minimum Gasteiger partial charge on any atom is -0.493 e. The fourth-order valence-electron chi connectivity index (χ4n) is 1.95. The maximum atomic E-state index is 9.34. The van der Waals surface area contributed by atoms with E-state index in [1.807, 2.05) is 20.0 Å². The van der Waals surface area contributed by atoms with Crippen molar-refractivity contribution in [2.24, 2.45) is 0 Å². The summed E-state index contributed by atoms with van der Waals surface area (Å²) in [4.78, 5) is 0. The molecule has 0 aliphatic heterocycles. The molecule has 20 heavy (non-hydrogen) atoms. The van der Waals surface area contributed by atoms with E-state index in [4.69, 9.17) is 4.74 Å². The summed E-state index contributed by atoms with van der Waals surface area (Å²) < 4.78 is 5.85. The van der Waals surface area contributed by atoms with Gasteiger partial charge in [-0.1, -0.05) is 32.9 Å². The molecule has 0 bridgehead atoms. The van der Waals surface area contributed by atoms with Crippen LogP contribution in [0.5, 0.6) is 5.75 Å². The first kappa shape index (κ1) is 17.0. The van der Waals surface area contributed by atoms with E-state index in [1.165, 1.54) is 5.56 Å². The number of likely N-dealkylation sites (N-methyl/N-ethyl adjacent to an activating group) is 1. The highest BCUT2D eigenvalue weighted by Crippen LogP contribution is 2.27. The zero-order chi connectivity index (χ0) is 15.4. The van der Waals surface area contributed by atoms with E-state index in [1.54, 1.807) is 0 Å². The summed E-state index contributed by atoms with van der Waals surface area (Å²) in [5.74, 6) is 0.925. The fraction of sp³-hybridized carbons (Fsp3) is 0.647. The number of ether oxygens (including phenoxy) is 1. The second-order valence-electron chi connectivity index (χ2n) is 6.80. The normalized spacial score (nSPS) is 14.9. The van der Waals surface area contributed by atoms with Crippen LogP contribution < -0.4 is 10.1 Å². The van der Waals surface area contributed by atoms with Gasteiger partial charge in [-0.2, -0.15) is 0 Å². The third-order valence-electron chi connectivity index (χ3n) is 3.90. The zero-order valence-corrected chi connectivity index (χ0v) is 13.7. The molecule has 0 aliphatic carbocycles. The van der Waals surface area contributed by atoms with Crippen molar-refractivity contribution < 1.29 is 9.84 Å². The number of hydrogen-bond acceptors (Lipinski definition) is 3. The van der Waals surface area contributed by atoms with Gasteiger partial charge in [0.25, 0.3) is 0 Å².